The van der Waals surface area contributed by atoms with Gasteiger partial charge in [-0.25, -0.2) is 0 Å². The van der Waals surface area contributed by atoms with Crippen LogP contribution in [0.1, 0.15) is 25.0 Å². The summed E-state index contributed by atoms with van der Waals surface area (Å²) < 4.78 is 2.38. The van der Waals surface area contributed by atoms with Gasteiger partial charge in [0, 0.05) is 38.9 Å². The van der Waals surface area contributed by atoms with E-state index >= 15 is 0 Å². The third-order valence-corrected chi connectivity index (χ3v) is 11.0. The minimum atomic E-state index is -0.0984. The summed E-state index contributed by atoms with van der Waals surface area (Å²) in [5, 5.41) is 5.05. The Morgan fingerprint density at radius 1 is 0.412 bits per heavy atom. The van der Waals surface area contributed by atoms with Crippen molar-refractivity contribution in [3.05, 3.63) is 193 Å². The van der Waals surface area contributed by atoms with Crippen molar-refractivity contribution >= 4 is 49.6 Å². The summed E-state index contributed by atoms with van der Waals surface area (Å²) in [4.78, 5) is 2.42. The molecule has 0 saturated heterocycles. The van der Waals surface area contributed by atoms with E-state index in [2.05, 4.69) is 205 Å². The molecule has 51 heavy (non-hydrogen) atoms. The molecule has 2 nitrogen and oxygen atoms in total. The van der Waals surface area contributed by atoms with Gasteiger partial charge in [0.05, 0.1) is 11.0 Å². The molecule has 0 atom stereocenters. The lowest BCUT2D eigenvalue weighted by Gasteiger charge is -2.28. The van der Waals surface area contributed by atoms with Crippen molar-refractivity contribution in [2.24, 2.45) is 0 Å². The SMILES string of the molecule is CC1(C)c2ccccc2-c2ccc(N(c3ccc(-n4c5ccccc5c5ccccc54)cc3)c3cccc(-c4cccc5ccccc45)c3)cc21. The van der Waals surface area contributed by atoms with Gasteiger partial charge in [0.2, 0.25) is 0 Å². The first kappa shape index (κ1) is 29.5. The fourth-order valence-corrected chi connectivity index (χ4v) is 8.52. The van der Waals surface area contributed by atoms with E-state index in [0.29, 0.717) is 0 Å². The lowest BCUT2D eigenvalue weighted by atomic mass is 9.82. The predicted octanol–water partition coefficient (Wildman–Crippen LogP) is 13.4. The van der Waals surface area contributed by atoms with Gasteiger partial charge in [0.15, 0.2) is 0 Å². The molecule has 1 heterocycles. The number of fused-ring (bicyclic) bond motifs is 7. The number of aromatic nitrogens is 1. The largest absolute Gasteiger partial charge is 0.310 e. The maximum absolute atomic E-state index is 2.42. The van der Waals surface area contributed by atoms with Gasteiger partial charge in [-0.1, -0.05) is 135 Å². The second-order valence-corrected chi connectivity index (χ2v) is 14.2. The third kappa shape index (κ3) is 4.57. The highest BCUT2D eigenvalue weighted by Gasteiger charge is 2.35. The number of para-hydroxylation sites is 2. The maximum Gasteiger partial charge on any atom is 0.0541 e. The first-order valence-electron chi connectivity index (χ1n) is 17.8. The molecule has 0 unspecified atom stereocenters. The third-order valence-electron chi connectivity index (χ3n) is 11.0. The Bertz CT molecular complexity index is 2720. The van der Waals surface area contributed by atoms with Crippen molar-refractivity contribution < 1.29 is 0 Å². The number of rotatable bonds is 5. The zero-order valence-corrected chi connectivity index (χ0v) is 28.7. The monoisotopic (exact) mass is 652 g/mol. The standard InChI is InChI=1S/C49H36N2/c1-49(2)45-22-8-5-18-41(45)42-30-29-38(32-46(42)49)50(37-16-11-15-34(31-37)40-21-12-14-33-13-3-4-17-39(33)40)35-25-27-36(28-26-35)51-47-23-9-6-19-43(47)44-20-7-10-24-48(44)51/h3-32H,1-2H3. The Labute approximate surface area is 298 Å². The van der Waals surface area contributed by atoms with Gasteiger partial charge in [-0.15, -0.1) is 0 Å². The maximum atomic E-state index is 2.42. The highest BCUT2D eigenvalue weighted by molar-refractivity contribution is 6.09. The summed E-state index contributed by atoms with van der Waals surface area (Å²) in [5.41, 5.74) is 14.7. The van der Waals surface area contributed by atoms with Crippen molar-refractivity contribution in [3.63, 3.8) is 0 Å². The van der Waals surface area contributed by atoms with Gasteiger partial charge >= 0.3 is 0 Å². The summed E-state index contributed by atoms with van der Waals surface area (Å²) in [5.74, 6) is 0. The lowest BCUT2D eigenvalue weighted by molar-refractivity contribution is 0.660. The molecular formula is C49H36N2. The molecule has 1 aromatic heterocycles. The van der Waals surface area contributed by atoms with E-state index < -0.39 is 0 Å². The molecule has 2 heteroatoms. The van der Waals surface area contributed by atoms with Crippen molar-refractivity contribution in [2.75, 3.05) is 4.90 Å². The Morgan fingerprint density at radius 3 is 1.76 bits per heavy atom. The van der Waals surface area contributed by atoms with Crippen LogP contribution >= 0.6 is 0 Å². The Kier molecular flexibility index (Phi) is 6.56. The molecule has 0 bridgehead atoms. The zero-order chi connectivity index (χ0) is 34.1. The zero-order valence-electron chi connectivity index (χ0n) is 28.7. The van der Waals surface area contributed by atoms with E-state index in [9.17, 15) is 0 Å². The molecule has 1 aliphatic carbocycles. The van der Waals surface area contributed by atoms with Crippen LogP contribution in [0.3, 0.4) is 0 Å². The minimum absolute atomic E-state index is 0.0984. The van der Waals surface area contributed by atoms with E-state index in [1.54, 1.807) is 0 Å². The van der Waals surface area contributed by atoms with Crippen LogP contribution in [0, 0.1) is 0 Å². The number of hydrogen-bond acceptors (Lipinski definition) is 1. The predicted molar refractivity (Wildman–Crippen MR) is 216 cm³/mol. The average molecular weight is 653 g/mol. The Balaban J connectivity index is 1.15. The Hall–Kier alpha value is -6.38. The molecule has 0 radical (unpaired) electrons. The van der Waals surface area contributed by atoms with Crippen LogP contribution in [-0.4, -0.2) is 4.57 Å². The van der Waals surface area contributed by atoms with Crippen LogP contribution in [0.25, 0.3) is 60.5 Å². The molecule has 1 aliphatic rings. The van der Waals surface area contributed by atoms with Crippen LogP contribution in [0.5, 0.6) is 0 Å². The first-order chi connectivity index (χ1) is 25.1. The van der Waals surface area contributed by atoms with Gasteiger partial charge in [-0.3, -0.25) is 0 Å². The van der Waals surface area contributed by atoms with Crippen LogP contribution < -0.4 is 4.90 Å². The van der Waals surface area contributed by atoms with Crippen LogP contribution in [-0.2, 0) is 5.41 Å². The van der Waals surface area contributed by atoms with Crippen LogP contribution in [0.2, 0.25) is 0 Å². The van der Waals surface area contributed by atoms with E-state index in [0.717, 1.165) is 22.7 Å². The second kappa shape index (κ2) is 11.3. The van der Waals surface area contributed by atoms with Gasteiger partial charge < -0.3 is 9.47 Å². The minimum Gasteiger partial charge on any atom is -0.310 e. The molecule has 0 N–H and O–H groups in total. The van der Waals surface area contributed by atoms with Crippen molar-refractivity contribution in [1.29, 1.82) is 0 Å². The van der Waals surface area contributed by atoms with E-state index in [-0.39, 0.29) is 5.41 Å². The number of benzene rings is 8. The van der Waals surface area contributed by atoms with E-state index in [1.807, 2.05) is 0 Å². The summed E-state index contributed by atoms with van der Waals surface area (Å²) in [6.07, 6.45) is 0. The molecule has 0 saturated carbocycles. The highest BCUT2D eigenvalue weighted by Crippen LogP contribution is 2.51. The van der Waals surface area contributed by atoms with Crippen LogP contribution in [0.4, 0.5) is 17.1 Å². The lowest BCUT2D eigenvalue weighted by Crippen LogP contribution is -2.16. The normalized spacial score (nSPS) is 13.1. The summed E-state index contributed by atoms with van der Waals surface area (Å²) in [7, 11) is 0. The van der Waals surface area contributed by atoms with Crippen LogP contribution in [0.15, 0.2) is 182 Å². The summed E-state index contributed by atoms with van der Waals surface area (Å²) in [6, 6.07) is 66.7. The van der Waals surface area contributed by atoms with Gasteiger partial charge in [-0.2, -0.15) is 0 Å². The molecule has 0 fully saturated rings. The molecule has 0 aliphatic heterocycles. The molecule has 0 amide bonds. The number of anilines is 3. The smallest absolute Gasteiger partial charge is 0.0541 e. The molecule has 10 rings (SSSR count). The fraction of sp³-hybridized carbons (Fsp3) is 0.0612. The summed E-state index contributed by atoms with van der Waals surface area (Å²) >= 11 is 0. The van der Waals surface area contributed by atoms with Gasteiger partial charge in [0.1, 0.15) is 0 Å². The quantitative estimate of drug-likeness (QED) is 0.180. The Morgan fingerprint density at radius 2 is 0.980 bits per heavy atom. The first-order valence-corrected chi connectivity index (χ1v) is 17.8. The van der Waals surface area contributed by atoms with Gasteiger partial charge in [0.25, 0.3) is 0 Å². The van der Waals surface area contributed by atoms with Gasteiger partial charge in [-0.05, 0) is 105 Å². The highest BCUT2D eigenvalue weighted by atomic mass is 15.1. The van der Waals surface area contributed by atoms with Crippen molar-refractivity contribution in [2.45, 2.75) is 19.3 Å². The van der Waals surface area contributed by atoms with E-state index in [1.165, 1.54) is 66.0 Å². The molecule has 242 valence electrons. The van der Waals surface area contributed by atoms with Crippen molar-refractivity contribution in [1.82, 2.24) is 4.57 Å². The topological polar surface area (TPSA) is 8.17 Å². The summed E-state index contributed by atoms with van der Waals surface area (Å²) in [6.45, 7) is 4.71. The van der Waals surface area contributed by atoms with E-state index in [4.69, 9.17) is 0 Å². The number of hydrogen-bond donors (Lipinski definition) is 0. The molecular weight excluding hydrogens is 617 g/mol. The second-order valence-electron chi connectivity index (χ2n) is 14.2. The number of nitrogens with zero attached hydrogens (tertiary/aromatic N) is 2. The molecule has 0 spiro atoms. The fourth-order valence-electron chi connectivity index (χ4n) is 8.52. The van der Waals surface area contributed by atoms with Crippen molar-refractivity contribution in [3.8, 4) is 27.9 Å². The average Bonchev–Trinajstić information content (AvgIpc) is 3.64. The molecule has 9 aromatic rings. The molecule has 8 aromatic carbocycles.